The molecular weight excluding hydrogens is 262 g/mol. The van der Waals surface area contributed by atoms with Gasteiger partial charge in [-0.2, -0.15) is 17.0 Å². The fourth-order valence-electron chi connectivity index (χ4n) is 2.30. The molecule has 17 heavy (non-hydrogen) atoms. The number of rotatable bonds is 5. The molecule has 0 amide bonds. The van der Waals surface area contributed by atoms with Crippen molar-refractivity contribution in [2.75, 3.05) is 26.2 Å². The van der Waals surface area contributed by atoms with E-state index >= 15 is 0 Å². The summed E-state index contributed by atoms with van der Waals surface area (Å²) in [5.41, 5.74) is 5.61. The van der Waals surface area contributed by atoms with Crippen LogP contribution in [-0.4, -0.2) is 49.2 Å². The quantitative estimate of drug-likeness (QED) is 0.807. The van der Waals surface area contributed by atoms with Crippen molar-refractivity contribution >= 4 is 22.6 Å². The van der Waals surface area contributed by atoms with E-state index in [2.05, 4.69) is 0 Å². The van der Waals surface area contributed by atoms with E-state index in [1.807, 2.05) is 20.8 Å². The van der Waals surface area contributed by atoms with Gasteiger partial charge in [-0.25, -0.2) is 0 Å². The van der Waals surface area contributed by atoms with Crippen molar-refractivity contribution in [1.29, 1.82) is 0 Å². The normalized spacial score (nSPS) is 26.2. The van der Waals surface area contributed by atoms with E-state index in [-0.39, 0.29) is 18.4 Å². The van der Waals surface area contributed by atoms with Gasteiger partial charge < -0.3 is 5.73 Å². The highest BCUT2D eigenvalue weighted by Crippen LogP contribution is 2.26. The fraction of sp³-hybridized carbons (Fsp3) is 1.00. The van der Waals surface area contributed by atoms with Crippen LogP contribution in [0.3, 0.4) is 0 Å². The Labute approximate surface area is 111 Å². The van der Waals surface area contributed by atoms with E-state index in [4.69, 9.17) is 5.73 Å². The molecule has 1 heterocycles. The molecular formula is C10H24ClN3O2S. The van der Waals surface area contributed by atoms with Crippen molar-refractivity contribution in [2.45, 2.75) is 33.2 Å². The monoisotopic (exact) mass is 285 g/mol. The van der Waals surface area contributed by atoms with Gasteiger partial charge in [0.1, 0.15) is 0 Å². The lowest BCUT2D eigenvalue weighted by molar-refractivity contribution is 0.343. The number of hydrogen-bond acceptors (Lipinski definition) is 3. The smallest absolute Gasteiger partial charge is 0.282 e. The summed E-state index contributed by atoms with van der Waals surface area (Å²) in [5.74, 6) is 0.306. The molecule has 2 atom stereocenters. The molecule has 104 valence electrons. The first kappa shape index (κ1) is 17.1. The molecule has 0 aromatic rings. The SMILES string of the molecule is CCN(CC)S(=O)(=O)N1CC(CN)CC1C.Cl. The van der Waals surface area contributed by atoms with Crippen molar-refractivity contribution in [1.82, 2.24) is 8.61 Å². The predicted molar refractivity (Wildman–Crippen MR) is 72.4 cm³/mol. The lowest BCUT2D eigenvalue weighted by Gasteiger charge is -2.28. The maximum atomic E-state index is 12.3. The van der Waals surface area contributed by atoms with Crippen LogP contribution in [0.15, 0.2) is 0 Å². The summed E-state index contributed by atoms with van der Waals surface area (Å²) < 4.78 is 27.7. The van der Waals surface area contributed by atoms with E-state index in [1.54, 1.807) is 4.31 Å². The van der Waals surface area contributed by atoms with Crippen LogP contribution in [0.4, 0.5) is 0 Å². The van der Waals surface area contributed by atoms with Crippen molar-refractivity contribution in [3.05, 3.63) is 0 Å². The topological polar surface area (TPSA) is 66.6 Å². The van der Waals surface area contributed by atoms with E-state index in [0.29, 0.717) is 32.1 Å². The average Bonchev–Trinajstić information content (AvgIpc) is 2.61. The molecule has 0 saturated carbocycles. The van der Waals surface area contributed by atoms with Gasteiger partial charge in [0, 0.05) is 25.7 Å². The first-order valence-corrected chi connectivity index (χ1v) is 7.34. The first-order valence-electron chi connectivity index (χ1n) is 5.94. The molecule has 2 unspecified atom stereocenters. The second kappa shape index (κ2) is 6.89. The largest absolute Gasteiger partial charge is 0.330 e. The Morgan fingerprint density at radius 1 is 1.35 bits per heavy atom. The fourth-order valence-corrected chi connectivity index (χ4v) is 4.19. The third-order valence-electron chi connectivity index (χ3n) is 3.27. The highest BCUT2D eigenvalue weighted by Gasteiger charge is 2.38. The molecule has 0 bridgehead atoms. The van der Waals surface area contributed by atoms with Crippen molar-refractivity contribution in [3.8, 4) is 0 Å². The Morgan fingerprint density at radius 3 is 2.24 bits per heavy atom. The van der Waals surface area contributed by atoms with Crippen LogP contribution in [0.5, 0.6) is 0 Å². The maximum Gasteiger partial charge on any atom is 0.282 e. The summed E-state index contributed by atoms with van der Waals surface area (Å²) in [6.45, 7) is 7.86. The minimum atomic E-state index is -3.28. The molecule has 1 saturated heterocycles. The molecule has 7 heteroatoms. The summed E-state index contributed by atoms with van der Waals surface area (Å²) in [4.78, 5) is 0. The number of nitrogens with zero attached hydrogens (tertiary/aromatic N) is 2. The molecule has 1 fully saturated rings. The van der Waals surface area contributed by atoms with Gasteiger partial charge in [0.15, 0.2) is 0 Å². The van der Waals surface area contributed by atoms with Crippen LogP contribution in [-0.2, 0) is 10.2 Å². The van der Waals surface area contributed by atoms with Gasteiger partial charge in [0.2, 0.25) is 0 Å². The van der Waals surface area contributed by atoms with Crippen LogP contribution in [0.2, 0.25) is 0 Å². The van der Waals surface area contributed by atoms with Crippen LogP contribution >= 0.6 is 12.4 Å². The van der Waals surface area contributed by atoms with Crippen LogP contribution in [0.1, 0.15) is 27.2 Å². The number of hydrogen-bond donors (Lipinski definition) is 1. The Morgan fingerprint density at radius 2 is 1.88 bits per heavy atom. The Balaban J connectivity index is 0.00000256. The van der Waals surface area contributed by atoms with Crippen molar-refractivity contribution < 1.29 is 8.42 Å². The van der Waals surface area contributed by atoms with Gasteiger partial charge in [0.05, 0.1) is 0 Å². The van der Waals surface area contributed by atoms with Gasteiger partial charge in [-0.1, -0.05) is 13.8 Å². The molecule has 0 aromatic carbocycles. The third kappa shape index (κ3) is 3.54. The Bertz CT molecular complexity index is 320. The van der Waals surface area contributed by atoms with Gasteiger partial charge in [0.25, 0.3) is 10.2 Å². The molecule has 0 aliphatic carbocycles. The maximum absolute atomic E-state index is 12.3. The van der Waals surface area contributed by atoms with Crippen molar-refractivity contribution in [3.63, 3.8) is 0 Å². The minimum Gasteiger partial charge on any atom is -0.330 e. The average molecular weight is 286 g/mol. The molecule has 0 radical (unpaired) electrons. The van der Waals surface area contributed by atoms with Gasteiger partial charge in [-0.05, 0) is 25.8 Å². The zero-order valence-electron chi connectivity index (χ0n) is 10.8. The minimum absolute atomic E-state index is 0. The van der Waals surface area contributed by atoms with E-state index in [9.17, 15) is 8.42 Å². The second-order valence-corrected chi connectivity index (χ2v) is 6.23. The summed E-state index contributed by atoms with van der Waals surface area (Å²) in [6.07, 6.45) is 0.872. The Kier molecular flexibility index (Phi) is 6.94. The second-order valence-electron chi connectivity index (χ2n) is 4.35. The summed E-state index contributed by atoms with van der Waals surface area (Å²) >= 11 is 0. The molecule has 5 nitrogen and oxygen atoms in total. The molecule has 1 aliphatic rings. The summed E-state index contributed by atoms with van der Waals surface area (Å²) in [7, 11) is -3.28. The lowest BCUT2D eigenvalue weighted by Crippen LogP contribution is -2.45. The summed E-state index contributed by atoms with van der Waals surface area (Å²) in [5, 5.41) is 0. The van der Waals surface area contributed by atoms with Crippen LogP contribution in [0.25, 0.3) is 0 Å². The molecule has 0 aromatic heterocycles. The van der Waals surface area contributed by atoms with E-state index in [1.165, 1.54) is 4.31 Å². The zero-order chi connectivity index (χ0) is 12.3. The highest BCUT2D eigenvalue weighted by atomic mass is 35.5. The number of halogens is 1. The third-order valence-corrected chi connectivity index (χ3v) is 5.54. The molecule has 2 N–H and O–H groups in total. The highest BCUT2D eigenvalue weighted by molar-refractivity contribution is 7.86. The van der Waals surface area contributed by atoms with Gasteiger partial charge in [-0.15, -0.1) is 12.4 Å². The van der Waals surface area contributed by atoms with Crippen LogP contribution < -0.4 is 5.73 Å². The standard InChI is InChI=1S/C10H23N3O2S.ClH/c1-4-12(5-2)16(14,15)13-8-10(7-11)6-9(13)3;/h9-10H,4-8,11H2,1-3H3;1H. The summed E-state index contributed by atoms with van der Waals surface area (Å²) in [6, 6.07) is 0.0687. The van der Waals surface area contributed by atoms with Crippen LogP contribution in [0, 0.1) is 5.92 Å². The number of nitrogens with two attached hydrogens (primary N) is 1. The van der Waals surface area contributed by atoms with Gasteiger partial charge >= 0.3 is 0 Å². The van der Waals surface area contributed by atoms with E-state index in [0.717, 1.165) is 6.42 Å². The molecule has 1 rings (SSSR count). The predicted octanol–water partition coefficient (Wildman–Crippen LogP) is 0.664. The zero-order valence-corrected chi connectivity index (χ0v) is 12.4. The molecule has 1 aliphatic heterocycles. The lowest BCUT2D eigenvalue weighted by atomic mass is 10.1. The molecule has 0 spiro atoms. The van der Waals surface area contributed by atoms with Gasteiger partial charge in [-0.3, -0.25) is 0 Å². The van der Waals surface area contributed by atoms with E-state index < -0.39 is 10.2 Å². The van der Waals surface area contributed by atoms with Crippen molar-refractivity contribution in [2.24, 2.45) is 11.7 Å². The first-order chi connectivity index (χ1) is 7.47. The Hall–Kier alpha value is 0.120.